The van der Waals surface area contributed by atoms with E-state index in [-0.39, 0.29) is 11.8 Å². The minimum atomic E-state index is -0.415. The molecule has 1 aromatic heterocycles. The van der Waals surface area contributed by atoms with Gasteiger partial charge in [0.05, 0.1) is 12.3 Å². The van der Waals surface area contributed by atoms with E-state index in [1.807, 2.05) is 26.0 Å². The van der Waals surface area contributed by atoms with Crippen LogP contribution in [0.15, 0.2) is 22.8 Å². The van der Waals surface area contributed by atoms with Crippen LogP contribution in [-0.2, 0) is 11.2 Å². The maximum Gasteiger partial charge on any atom is 0.237 e. The lowest BCUT2D eigenvalue weighted by molar-refractivity contribution is -0.123. The van der Waals surface area contributed by atoms with Gasteiger partial charge in [-0.15, -0.1) is 0 Å². The highest BCUT2D eigenvalue weighted by Crippen LogP contribution is 2.05. The van der Waals surface area contributed by atoms with Crippen molar-refractivity contribution in [3.05, 3.63) is 24.2 Å². The van der Waals surface area contributed by atoms with E-state index in [9.17, 15) is 4.79 Å². The van der Waals surface area contributed by atoms with E-state index in [1.165, 1.54) is 0 Å². The van der Waals surface area contributed by atoms with Crippen molar-refractivity contribution in [2.24, 2.45) is 11.7 Å². The van der Waals surface area contributed by atoms with Crippen LogP contribution in [0.2, 0.25) is 0 Å². The maximum absolute atomic E-state index is 11.6. The van der Waals surface area contributed by atoms with Crippen molar-refractivity contribution in [1.29, 1.82) is 0 Å². The lowest BCUT2D eigenvalue weighted by atomic mass is 9.99. The monoisotopic (exact) mass is 224 g/mol. The average molecular weight is 224 g/mol. The molecule has 0 aromatic carbocycles. The fraction of sp³-hybridized carbons (Fsp3) is 0.583. The van der Waals surface area contributed by atoms with Gasteiger partial charge in [0.25, 0.3) is 0 Å². The quantitative estimate of drug-likeness (QED) is 0.765. The first-order valence-corrected chi connectivity index (χ1v) is 5.70. The first-order valence-electron chi connectivity index (χ1n) is 5.70. The Labute approximate surface area is 96.2 Å². The largest absolute Gasteiger partial charge is 0.469 e. The molecule has 2 atom stereocenters. The number of hydrogen-bond donors (Lipinski definition) is 2. The minimum absolute atomic E-state index is 0.0825. The molecule has 4 heteroatoms. The Morgan fingerprint density at radius 1 is 1.62 bits per heavy atom. The number of hydrogen-bond acceptors (Lipinski definition) is 3. The molecule has 1 rings (SSSR count). The van der Waals surface area contributed by atoms with Gasteiger partial charge in [-0.1, -0.05) is 20.3 Å². The summed E-state index contributed by atoms with van der Waals surface area (Å²) in [5.41, 5.74) is 5.80. The number of carbonyl (C=O) groups excluding carboxylic acids is 1. The van der Waals surface area contributed by atoms with Gasteiger partial charge in [-0.2, -0.15) is 0 Å². The molecule has 3 N–H and O–H groups in total. The van der Waals surface area contributed by atoms with Crippen LogP contribution in [0.25, 0.3) is 0 Å². The highest BCUT2D eigenvalue weighted by atomic mass is 16.3. The zero-order chi connectivity index (χ0) is 12.0. The van der Waals surface area contributed by atoms with E-state index in [0.29, 0.717) is 13.0 Å². The molecular formula is C12H20N2O2. The van der Waals surface area contributed by atoms with Gasteiger partial charge in [-0.25, -0.2) is 0 Å². The van der Waals surface area contributed by atoms with E-state index in [0.717, 1.165) is 12.2 Å². The van der Waals surface area contributed by atoms with Crippen molar-refractivity contribution >= 4 is 5.91 Å². The van der Waals surface area contributed by atoms with Gasteiger partial charge >= 0.3 is 0 Å². The Balaban J connectivity index is 2.24. The van der Waals surface area contributed by atoms with Gasteiger partial charge in [0.1, 0.15) is 5.76 Å². The molecule has 1 aromatic rings. The average Bonchev–Trinajstić information content (AvgIpc) is 2.79. The second-order valence-corrected chi connectivity index (χ2v) is 4.03. The fourth-order valence-electron chi connectivity index (χ4n) is 1.39. The summed E-state index contributed by atoms with van der Waals surface area (Å²) in [6.07, 6.45) is 3.24. The highest BCUT2D eigenvalue weighted by Gasteiger charge is 2.18. The van der Waals surface area contributed by atoms with Crippen LogP contribution >= 0.6 is 0 Å². The molecule has 0 aliphatic heterocycles. The Hall–Kier alpha value is -1.29. The first-order chi connectivity index (χ1) is 7.65. The van der Waals surface area contributed by atoms with E-state index in [1.54, 1.807) is 6.26 Å². The summed E-state index contributed by atoms with van der Waals surface area (Å²) in [4.78, 5) is 11.6. The Kier molecular flexibility index (Phi) is 5.05. The molecule has 4 nitrogen and oxygen atoms in total. The van der Waals surface area contributed by atoms with Crippen molar-refractivity contribution in [1.82, 2.24) is 5.32 Å². The number of carbonyl (C=O) groups is 1. The van der Waals surface area contributed by atoms with Crippen molar-refractivity contribution in [2.75, 3.05) is 6.54 Å². The van der Waals surface area contributed by atoms with Gasteiger partial charge < -0.3 is 15.5 Å². The number of nitrogens with one attached hydrogen (secondary N) is 1. The molecule has 0 saturated carbocycles. The Morgan fingerprint density at radius 2 is 2.38 bits per heavy atom. The smallest absolute Gasteiger partial charge is 0.237 e. The Morgan fingerprint density at radius 3 is 2.94 bits per heavy atom. The van der Waals surface area contributed by atoms with E-state index < -0.39 is 6.04 Å². The van der Waals surface area contributed by atoms with Crippen LogP contribution < -0.4 is 11.1 Å². The van der Waals surface area contributed by atoms with Crippen molar-refractivity contribution < 1.29 is 9.21 Å². The maximum atomic E-state index is 11.6. The predicted molar refractivity (Wildman–Crippen MR) is 62.9 cm³/mol. The summed E-state index contributed by atoms with van der Waals surface area (Å²) in [7, 11) is 0. The lowest BCUT2D eigenvalue weighted by Gasteiger charge is -2.17. The summed E-state index contributed by atoms with van der Waals surface area (Å²) in [5, 5.41) is 2.81. The summed E-state index contributed by atoms with van der Waals surface area (Å²) in [6.45, 7) is 4.58. The van der Waals surface area contributed by atoms with Gasteiger partial charge in [0.15, 0.2) is 0 Å². The molecule has 0 radical (unpaired) electrons. The molecule has 2 unspecified atom stereocenters. The molecule has 16 heavy (non-hydrogen) atoms. The first kappa shape index (κ1) is 12.8. The van der Waals surface area contributed by atoms with E-state index >= 15 is 0 Å². The van der Waals surface area contributed by atoms with Crippen LogP contribution in [-0.4, -0.2) is 18.5 Å². The van der Waals surface area contributed by atoms with Crippen molar-refractivity contribution in [3.8, 4) is 0 Å². The van der Waals surface area contributed by atoms with Gasteiger partial charge in [-0.05, 0) is 18.1 Å². The summed E-state index contributed by atoms with van der Waals surface area (Å²) < 4.78 is 5.16. The minimum Gasteiger partial charge on any atom is -0.469 e. The SMILES string of the molecule is CCC(C)C(N)C(=O)NCCc1ccco1. The Bertz CT molecular complexity index is 309. The molecule has 90 valence electrons. The molecule has 0 aliphatic rings. The second-order valence-electron chi connectivity index (χ2n) is 4.03. The normalized spacial score (nSPS) is 14.4. The molecule has 1 heterocycles. The zero-order valence-electron chi connectivity index (χ0n) is 9.90. The second kappa shape index (κ2) is 6.33. The third kappa shape index (κ3) is 3.70. The van der Waals surface area contributed by atoms with Gasteiger partial charge in [0.2, 0.25) is 5.91 Å². The third-order valence-corrected chi connectivity index (χ3v) is 2.81. The van der Waals surface area contributed by atoms with Crippen LogP contribution in [0.5, 0.6) is 0 Å². The van der Waals surface area contributed by atoms with Gasteiger partial charge in [-0.3, -0.25) is 4.79 Å². The van der Waals surface area contributed by atoms with Crippen LogP contribution in [0.3, 0.4) is 0 Å². The molecule has 0 spiro atoms. The molecule has 0 fully saturated rings. The summed E-state index contributed by atoms with van der Waals surface area (Å²) in [5.74, 6) is 1.00. The molecule has 0 bridgehead atoms. The lowest BCUT2D eigenvalue weighted by Crippen LogP contribution is -2.45. The summed E-state index contributed by atoms with van der Waals surface area (Å²) in [6, 6.07) is 3.31. The molecule has 0 saturated heterocycles. The number of nitrogens with two attached hydrogens (primary N) is 1. The van der Waals surface area contributed by atoms with Crippen LogP contribution in [0, 0.1) is 5.92 Å². The highest BCUT2D eigenvalue weighted by molar-refractivity contribution is 5.81. The van der Waals surface area contributed by atoms with E-state index in [2.05, 4.69) is 5.32 Å². The van der Waals surface area contributed by atoms with Crippen LogP contribution in [0.1, 0.15) is 26.0 Å². The zero-order valence-corrected chi connectivity index (χ0v) is 9.90. The predicted octanol–water partition coefficient (Wildman–Crippen LogP) is 1.31. The standard InChI is InChI=1S/C12H20N2O2/c1-3-9(2)11(13)12(15)14-7-6-10-5-4-8-16-10/h4-5,8-9,11H,3,6-7,13H2,1-2H3,(H,14,15). The summed E-state index contributed by atoms with van der Waals surface area (Å²) >= 11 is 0. The van der Waals surface area contributed by atoms with E-state index in [4.69, 9.17) is 10.2 Å². The van der Waals surface area contributed by atoms with Crippen molar-refractivity contribution in [2.45, 2.75) is 32.7 Å². The fourth-order valence-corrected chi connectivity index (χ4v) is 1.39. The molecule has 1 amide bonds. The molecule has 0 aliphatic carbocycles. The topological polar surface area (TPSA) is 68.3 Å². The number of rotatable bonds is 6. The van der Waals surface area contributed by atoms with Crippen molar-refractivity contribution in [3.63, 3.8) is 0 Å². The number of amides is 1. The molecular weight excluding hydrogens is 204 g/mol. The van der Waals surface area contributed by atoms with Gasteiger partial charge in [0, 0.05) is 13.0 Å². The third-order valence-electron chi connectivity index (χ3n) is 2.81. The number of furan rings is 1. The van der Waals surface area contributed by atoms with Crippen LogP contribution in [0.4, 0.5) is 0 Å².